The number of para-hydroxylation sites is 3. The van der Waals surface area contributed by atoms with Crippen LogP contribution in [0.4, 0.5) is 0 Å². The van der Waals surface area contributed by atoms with Gasteiger partial charge in [0.05, 0.1) is 22.1 Å². The molecule has 78 heavy (non-hydrogen) atoms. The Morgan fingerprint density at radius 1 is 0.282 bits per heavy atom. The summed E-state index contributed by atoms with van der Waals surface area (Å²) in [7, 11) is 0. The zero-order valence-corrected chi connectivity index (χ0v) is 45.0. The van der Waals surface area contributed by atoms with Crippen molar-refractivity contribution in [3.8, 4) is 67.0 Å². The summed E-state index contributed by atoms with van der Waals surface area (Å²) in [6.45, 7) is 14.0. The lowest BCUT2D eigenvalue weighted by Gasteiger charge is -2.24. The van der Waals surface area contributed by atoms with Crippen molar-refractivity contribution in [3.05, 3.63) is 275 Å². The van der Waals surface area contributed by atoms with Crippen molar-refractivity contribution in [1.29, 1.82) is 0 Å². The molecule has 2 heteroatoms. The zero-order valence-electron chi connectivity index (χ0n) is 45.0. The summed E-state index contributed by atoms with van der Waals surface area (Å²) < 4.78 is 4.80. The van der Waals surface area contributed by atoms with Gasteiger partial charge in [0.1, 0.15) is 0 Å². The third-order valence-corrected chi connectivity index (χ3v) is 17.6. The zero-order chi connectivity index (χ0) is 52.6. The van der Waals surface area contributed by atoms with Crippen molar-refractivity contribution in [3.63, 3.8) is 0 Å². The fraction of sp³-hybridized carbons (Fsp3) is 0.105. The Bertz CT molecular complexity index is 4650. The molecule has 0 bridgehead atoms. The van der Waals surface area contributed by atoms with E-state index in [2.05, 4.69) is 293 Å². The maximum absolute atomic E-state index is 2.47. The molecule has 0 N–H and O–H groups in total. The number of aromatic nitrogens is 2. The number of hydrogen-bond donors (Lipinski definition) is 0. The number of fused-ring (bicyclic) bond motifs is 12. The molecule has 15 rings (SSSR count). The van der Waals surface area contributed by atoms with E-state index in [1.54, 1.807) is 0 Å². The predicted octanol–water partition coefficient (Wildman–Crippen LogP) is 20.3. The second kappa shape index (κ2) is 17.1. The van der Waals surface area contributed by atoms with Gasteiger partial charge in [-0.2, -0.15) is 0 Å². The van der Waals surface area contributed by atoms with Crippen LogP contribution in [-0.4, -0.2) is 9.13 Å². The highest BCUT2D eigenvalue weighted by molar-refractivity contribution is 6.12. The highest BCUT2D eigenvalue weighted by Crippen LogP contribution is 2.53. The maximum atomic E-state index is 2.47. The van der Waals surface area contributed by atoms with Gasteiger partial charge < -0.3 is 9.13 Å². The van der Waals surface area contributed by atoms with E-state index in [-0.39, 0.29) is 10.8 Å². The lowest BCUT2D eigenvalue weighted by atomic mass is 9.79. The van der Waals surface area contributed by atoms with Gasteiger partial charge in [-0.3, -0.25) is 0 Å². The van der Waals surface area contributed by atoms with Gasteiger partial charge in [0.2, 0.25) is 0 Å². The number of rotatable bonds is 7. The van der Waals surface area contributed by atoms with Crippen LogP contribution in [0.2, 0.25) is 0 Å². The van der Waals surface area contributed by atoms with Crippen molar-refractivity contribution in [2.75, 3.05) is 0 Å². The van der Waals surface area contributed by atoms with Gasteiger partial charge in [0, 0.05) is 43.7 Å². The summed E-state index contributed by atoms with van der Waals surface area (Å²) in [5.41, 5.74) is 30.3. The molecule has 0 spiro atoms. The van der Waals surface area contributed by atoms with E-state index in [0.29, 0.717) is 0 Å². The van der Waals surface area contributed by atoms with Crippen LogP contribution in [-0.2, 0) is 10.8 Å². The van der Waals surface area contributed by atoms with Gasteiger partial charge in [-0.1, -0.05) is 192 Å². The van der Waals surface area contributed by atoms with Gasteiger partial charge in [-0.25, -0.2) is 0 Å². The van der Waals surface area contributed by atoms with Crippen LogP contribution < -0.4 is 0 Å². The van der Waals surface area contributed by atoms with Crippen LogP contribution in [0.25, 0.3) is 123 Å². The van der Waals surface area contributed by atoms with E-state index < -0.39 is 0 Å². The normalized spacial score (nSPS) is 13.9. The summed E-state index contributed by atoms with van der Waals surface area (Å²) in [6.07, 6.45) is 4.51. The molecule has 2 aromatic heterocycles. The molecule has 0 saturated carbocycles. The van der Waals surface area contributed by atoms with Gasteiger partial charge in [0.25, 0.3) is 0 Å². The van der Waals surface area contributed by atoms with Crippen molar-refractivity contribution in [2.24, 2.45) is 0 Å². The van der Waals surface area contributed by atoms with Crippen molar-refractivity contribution < 1.29 is 0 Å². The molecule has 0 saturated heterocycles. The Balaban J connectivity index is 0.684. The first kappa shape index (κ1) is 46.1. The van der Waals surface area contributed by atoms with Crippen molar-refractivity contribution in [1.82, 2.24) is 9.13 Å². The van der Waals surface area contributed by atoms with Crippen LogP contribution in [0.1, 0.15) is 72.2 Å². The lowest BCUT2D eigenvalue weighted by Crippen LogP contribution is -2.15. The molecular formula is C76H58N2. The van der Waals surface area contributed by atoms with E-state index in [1.165, 1.54) is 155 Å². The molecular weight excluding hydrogens is 941 g/mol. The van der Waals surface area contributed by atoms with Crippen LogP contribution in [0, 0.1) is 13.8 Å². The summed E-state index contributed by atoms with van der Waals surface area (Å²) in [5, 5.41) is 5.09. The Morgan fingerprint density at radius 3 is 1.18 bits per heavy atom. The maximum Gasteiger partial charge on any atom is 0.0541 e. The number of aryl methyl sites for hydroxylation is 2. The monoisotopic (exact) mass is 998 g/mol. The third kappa shape index (κ3) is 7.09. The molecule has 2 aliphatic rings. The van der Waals surface area contributed by atoms with Gasteiger partial charge in [-0.15, -0.1) is 0 Å². The largest absolute Gasteiger partial charge is 0.309 e. The molecule has 0 radical (unpaired) electrons. The summed E-state index contributed by atoms with van der Waals surface area (Å²) in [5.74, 6) is 0. The number of hydrogen-bond acceptors (Lipinski definition) is 0. The third-order valence-electron chi connectivity index (χ3n) is 17.6. The predicted molar refractivity (Wildman–Crippen MR) is 331 cm³/mol. The highest BCUT2D eigenvalue weighted by atomic mass is 15.0. The minimum atomic E-state index is -0.167. The topological polar surface area (TPSA) is 9.86 Å². The summed E-state index contributed by atoms with van der Waals surface area (Å²) in [4.78, 5) is 0. The molecule has 11 aromatic carbocycles. The number of benzene rings is 11. The van der Waals surface area contributed by atoms with E-state index >= 15 is 0 Å². The van der Waals surface area contributed by atoms with Crippen LogP contribution in [0.3, 0.4) is 0 Å². The second-order valence-corrected chi connectivity index (χ2v) is 23.1. The fourth-order valence-corrected chi connectivity index (χ4v) is 13.6. The van der Waals surface area contributed by atoms with Crippen molar-refractivity contribution >= 4 is 55.8 Å². The fourth-order valence-electron chi connectivity index (χ4n) is 13.6. The first-order valence-electron chi connectivity index (χ1n) is 27.5. The first-order chi connectivity index (χ1) is 38.0. The summed E-state index contributed by atoms with van der Waals surface area (Å²) in [6, 6.07) is 86.5. The van der Waals surface area contributed by atoms with Gasteiger partial charge in [-0.05, 0) is 193 Å². The molecule has 372 valence electrons. The van der Waals surface area contributed by atoms with Crippen LogP contribution in [0.5, 0.6) is 0 Å². The Hall–Kier alpha value is -9.24. The van der Waals surface area contributed by atoms with Gasteiger partial charge in [0.15, 0.2) is 0 Å². The van der Waals surface area contributed by atoms with E-state index in [1.807, 2.05) is 0 Å². The Morgan fingerprint density at radius 2 is 0.654 bits per heavy atom. The van der Waals surface area contributed by atoms with E-state index in [0.717, 1.165) is 0 Å². The molecule has 2 heterocycles. The molecule has 0 amide bonds. The van der Waals surface area contributed by atoms with Crippen molar-refractivity contribution in [2.45, 2.75) is 52.4 Å². The van der Waals surface area contributed by atoms with E-state index in [9.17, 15) is 0 Å². The Labute approximate surface area is 456 Å². The quantitative estimate of drug-likeness (QED) is 0.141. The molecule has 0 atom stereocenters. The average molecular weight is 999 g/mol. The molecule has 0 fully saturated rings. The van der Waals surface area contributed by atoms with Crippen LogP contribution in [0.15, 0.2) is 231 Å². The second-order valence-electron chi connectivity index (χ2n) is 23.1. The summed E-state index contributed by atoms with van der Waals surface area (Å²) >= 11 is 0. The minimum absolute atomic E-state index is 0.152. The number of nitrogens with zero attached hydrogens (tertiary/aromatic N) is 2. The Kier molecular flexibility index (Phi) is 10.1. The molecule has 13 aromatic rings. The standard InChI is InChI=1S/C76H58N2/c1-47-38-48(2)40-58(39-47)78-72-19-13-11-17-64(72)66-43-53(31-37-74(66)78)54-27-33-61-62-35-29-56(46-70(62)76(5,6)69(61)44-54)55-28-34-60-59-32-24-50(41-67(59)75(3,4)68(60)45-55)21-20-49-22-25-51(26-23-49)52-30-36-73-65(42-52)63-16-10-12-18-71(63)77(73)57-14-8-7-9-15-57/h7-46H,1-6H3/b21-20+. The van der Waals surface area contributed by atoms with Crippen LogP contribution >= 0.6 is 0 Å². The minimum Gasteiger partial charge on any atom is -0.309 e. The average Bonchev–Trinajstić information content (AvgIpc) is 3.98. The molecule has 0 aliphatic heterocycles. The highest BCUT2D eigenvalue weighted by Gasteiger charge is 2.38. The SMILES string of the molecule is Cc1cc(C)cc(-n2c3ccccc3c3cc(-c4ccc5c(c4)C(C)(C)c4cc(-c6ccc7c(c6)C(C)(C)c6cc(/C=C/c8ccc(-c9ccc%10c(c9)c9ccccc9n%10-c9ccccc9)cc8)ccc6-7)ccc4-5)ccc32)c1. The lowest BCUT2D eigenvalue weighted by molar-refractivity contribution is 0.659. The smallest absolute Gasteiger partial charge is 0.0541 e. The van der Waals surface area contributed by atoms with E-state index in [4.69, 9.17) is 0 Å². The molecule has 2 aliphatic carbocycles. The van der Waals surface area contributed by atoms with Gasteiger partial charge >= 0.3 is 0 Å². The first-order valence-corrected chi connectivity index (χ1v) is 27.5. The molecule has 2 nitrogen and oxygen atoms in total. The molecule has 0 unspecified atom stereocenters.